The molecular formula is C21H23N3O3. The number of benzene rings is 2. The topological polar surface area (TPSA) is 70.7 Å². The first-order valence-electron chi connectivity index (χ1n) is 9.32. The van der Waals surface area contributed by atoms with Gasteiger partial charge in [-0.05, 0) is 55.3 Å². The third-order valence-corrected chi connectivity index (χ3v) is 4.96. The van der Waals surface area contributed by atoms with Gasteiger partial charge in [0.1, 0.15) is 5.75 Å². The van der Waals surface area contributed by atoms with Crippen LogP contribution in [-0.4, -0.2) is 36.4 Å². The van der Waals surface area contributed by atoms with Crippen molar-refractivity contribution in [2.24, 2.45) is 0 Å². The summed E-state index contributed by atoms with van der Waals surface area (Å²) in [5, 5.41) is 5.64. The fourth-order valence-electron chi connectivity index (χ4n) is 3.47. The molecule has 2 aliphatic heterocycles. The van der Waals surface area contributed by atoms with Crippen LogP contribution in [0.3, 0.4) is 0 Å². The van der Waals surface area contributed by atoms with Crippen LogP contribution in [0.25, 0.3) is 0 Å². The standard InChI is InChI=1S/C21H23N3O3/c25-20-14-27-19-8-7-17(11-18(19)23-20)21(26)22-12-15-3-5-16(6-4-15)13-24-9-1-2-10-24/h3-8,11H,1-2,9-10,12-14H2,(H,22,26)(H,23,25). The van der Waals surface area contributed by atoms with Crippen molar-refractivity contribution >= 4 is 17.5 Å². The molecule has 1 saturated heterocycles. The number of carbonyl (C=O) groups excluding carboxylic acids is 2. The third kappa shape index (κ3) is 4.28. The Hall–Kier alpha value is -2.86. The third-order valence-electron chi connectivity index (χ3n) is 4.96. The average Bonchev–Trinajstić information content (AvgIpc) is 3.19. The van der Waals surface area contributed by atoms with Crippen LogP contribution in [0.2, 0.25) is 0 Å². The van der Waals surface area contributed by atoms with Gasteiger partial charge in [0, 0.05) is 18.7 Å². The van der Waals surface area contributed by atoms with Crippen LogP contribution in [0.1, 0.15) is 34.3 Å². The van der Waals surface area contributed by atoms with Gasteiger partial charge in [0.15, 0.2) is 6.61 Å². The summed E-state index contributed by atoms with van der Waals surface area (Å²) in [5.74, 6) is 0.188. The summed E-state index contributed by atoms with van der Waals surface area (Å²) in [6, 6.07) is 13.4. The van der Waals surface area contributed by atoms with Crippen molar-refractivity contribution in [3.8, 4) is 5.75 Å². The molecule has 27 heavy (non-hydrogen) atoms. The second kappa shape index (κ2) is 7.80. The first-order valence-corrected chi connectivity index (χ1v) is 9.32. The zero-order chi connectivity index (χ0) is 18.6. The molecule has 2 N–H and O–H groups in total. The Morgan fingerprint density at radius 1 is 1.07 bits per heavy atom. The highest BCUT2D eigenvalue weighted by molar-refractivity contribution is 5.99. The molecule has 0 saturated carbocycles. The maximum absolute atomic E-state index is 12.4. The highest BCUT2D eigenvalue weighted by Crippen LogP contribution is 2.28. The summed E-state index contributed by atoms with van der Waals surface area (Å²) in [4.78, 5) is 26.3. The number of fused-ring (bicyclic) bond motifs is 1. The molecule has 0 atom stereocenters. The Kier molecular flexibility index (Phi) is 5.07. The van der Waals surface area contributed by atoms with Crippen molar-refractivity contribution in [1.82, 2.24) is 10.2 Å². The van der Waals surface area contributed by atoms with Gasteiger partial charge in [-0.1, -0.05) is 24.3 Å². The molecule has 0 aromatic heterocycles. The van der Waals surface area contributed by atoms with Crippen molar-refractivity contribution in [3.63, 3.8) is 0 Å². The molecule has 6 heteroatoms. The minimum atomic E-state index is -0.214. The average molecular weight is 365 g/mol. The number of nitrogens with zero attached hydrogens (tertiary/aromatic N) is 1. The lowest BCUT2D eigenvalue weighted by molar-refractivity contribution is -0.118. The highest BCUT2D eigenvalue weighted by Gasteiger charge is 2.18. The Morgan fingerprint density at radius 2 is 1.81 bits per heavy atom. The van der Waals surface area contributed by atoms with Gasteiger partial charge in [-0.3, -0.25) is 14.5 Å². The normalized spacial score (nSPS) is 16.4. The van der Waals surface area contributed by atoms with Crippen LogP contribution in [0.4, 0.5) is 5.69 Å². The molecule has 2 aliphatic rings. The molecule has 6 nitrogen and oxygen atoms in total. The van der Waals surface area contributed by atoms with Gasteiger partial charge >= 0.3 is 0 Å². The summed E-state index contributed by atoms with van der Waals surface area (Å²) in [6.45, 7) is 3.83. The van der Waals surface area contributed by atoms with Crippen LogP contribution < -0.4 is 15.4 Å². The fraction of sp³-hybridized carbons (Fsp3) is 0.333. The summed E-state index contributed by atoms with van der Waals surface area (Å²) in [6.07, 6.45) is 2.59. The first-order chi connectivity index (χ1) is 13.2. The predicted octanol–water partition coefficient (Wildman–Crippen LogP) is 2.54. The van der Waals surface area contributed by atoms with E-state index in [1.807, 2.05) is 0 Å². The number of hydrogen-bond donors (Lipinski definition) is 2. The van der Waals surface area contributed by atoms with Gasteiger partial charge in [0.05, 0.1) is 5.69 Å². The molecule has 0 aliphatic carbocycles. The number of carbonyl (C=O) groups is 2. The van der Waals surface area contributed by atoms with Crippen LogP contribution in [0, 0.1) is 0 Å². The van der Waals surface area contributed by atoms with Gasteiger partial charge in [-0.15, -0.1) is 0 Å². The fourth-order valence-corrected chi connectivity index (χ4v) is 3.47. The van der Waals surface area contributed by atoms with E-state index in [4.69, 9.17) is 4.74 Å². The first kappa shape index (κ1) is 17.5. The lowest BCUT2D eigenvalue weighted by Gasteiger charge is -2.18. The summed E-state index contributed by atoms with van der Waals surface area (Å²) in [7, 11) is 0. The maximum Gasteiger partial charge on any atom is 0.262 e. The van der Waals surface area contributed by atoms with Gasteiger partial charge < -0.3 is 15.4 Å². The van der Waals surface area contributed by atoms with E-state index < -0.39 is 0 Å². The van der Waals surface area contributed by atoms with E-state index in [-0.39, 0.29) is 18.4 Å². The molecule has 2 heterocycles. The predicted molar refractivity (Wildman–Crippen MR) is 103 cm³/mol. The molecule has 2 aromatic rings. The number of likely N-dealkylation sites (tertiary alicyclic amines) is 1. The second-order valence-electron chi connectivity index (χ2n) is 7.03. The number of rotatable bonds is 5. The quantitative estimate of drug-likeness (QED) is 0.854. The molecule has 0 unspecified atom stereocenters. The van der Waals surface area contributed by atoms with Gasteiger partial charge in [0.25, 0.3) is 11.8 Å². The minimum absolute atomic E-state index is 0.00625. The van der Waals surface area contributed by atoms with Crippen molar-refractivity contribution in [3.05, 3.63) is 59.2 Å². The van der Waals surface area contributed by atoms with Crippen LogP contribution in [0.5, 0.6) is 5.75 Å². The van der Waals surface area contributed by atoms with Crippen LogP contribution >= 0.6 is 0 Å². The van der Waals surface area contributed by atoms with Gasteiger partial charge in [-0.25, -0.2) is 0 Å². The van der Waals surface area contributed by atoms with Crippen molar-refractivity contribution < 1.29 is 14.3 Å². The smallest absolute Gasteiger partial charge is 0.262 e. The van der Waals surface area contributed by atoms with Gasteiger partial charge in [-0.2, -0.15) is 0 Å². The Balaban J connectivity index is 1.33. The number of amides is 2. The van der Waals surface area contributed by atoms with E-state index in [1.165, 1.54) is 31.5 Å². The van der Waals surface area contributed by atoms with Crippen molar-refractivity contribution in [1.29, 1.82) is 0 Å². The Labute approximate surface area is 158 Å². The van der Waals surface area contributed by atoms with Crippen molar-refractivity contribution in [2.45, 2.75) is 25.9 Å². The number of hydrogen-bond acceptors (Lipinski definition) is 4. The van der Waals surface area contributed by atoms with E-state index in [2.05, 4.69) is 39.8 Å². The van der Waals surface area contributed by atoms with Crippen molar-refractivity contribution in [2.75, 3.05) is 25.0 Å². The zero-order valence-corrected chi connectivity index (χ0v) is 15.2. The lowest BCUT2D eigenvalue weighted by atomic mass is 10.1. The molecule has 4 rings (SSSR count). The van der Waals surface area contributed by atoms with E-state index in [9.17, 15) is 9.59 Å². The molecule has 2 aromatic carbocycles. The minimum Gasteiger partial charge on any atom is -0.482 e. The molecule has 2 amide bonds. The molecular weight excluding hydrogens is 342 g/mol. The summed E-state index contributed by atoms with van der Waals surface area (Å²) < 4.78 is 5.31. The zero-order valence-electron chi connectivity index (χ0n) is 15.2. The second-order valence-corrected chi connectivity index (χ2v) is 7.03. The molecule has 0 radical (unpaired) electrons. The van der Waals surface area contributed by atoms with Crippen LogP contribution in [-0.2, 0) is 17.9 Å². The Morgan fingerprint density at radius 3 is 2.59 bits per heavy atom. The lowest BCUT2D eigenvalue weighted by Crippen LogP contribution is -2.27. The van der Waals surface area contributed by atoms with E-state index in [1.54, 1.807) is 18.2 Å². The molecule has 0 spiro atoms. The number of nitrogens with one attached hydrogen (secondary N) is 2. The van der Waals surface area contributed by atoms with Crippen LogP contribution in [0.15, 0.2) is 42.5 Å². The SMILES string of the molecule is O=C1COc2ccc(C(=O)NCc3ccc(CN4CCCC4)cc3)cc2N1. The maximum atomic E-state index is 12.4. The monoisotopic (exact) mass is 365 g/mol. The van der Waals surface area contributed by atoms with E-state index in [0.29, 0.717) is 23.5 Å². The number of anilines is 1. The molecule has 1 fully saturated rings. The van der Waals surface area contributed by atoms with E-state index >= 15 is 0 Å². The Bertz CT molecular complexity index is 842. The summed E-state index contributed by atoms with van der Waals surface area (Å²) >= 11 is 0. The van der Waals surface area contributed by atoms with Gasteiger partial charge in [0.2, 0.25) is 0 Å². The molecule has 140 valence electrons. The summed E-state index contributed by atoms with van der Waals surface area (Å²) in [5.41, 5.74) is 3.39. The van der Waals surface area contributed by atoms with E-state index in [0.717, 1.165) is 12.1 Å². The highest BCUT2D eigenvalue weighted by atomic mass is 16.5. The number of ether oxygens (including phenoxy) is 1. The largest absolute Gasteiger partial charge is 0.482 e. The molecule has 0 bridgehead atoms.